The molecule has 2 N–H and O–H groups in total. The molecule has 0 radical (unpaired) electrons. The number of alkyl carbamates (subject to hydrolysis) is 1. The predicted molar refractivity (Wildman–Crippen MR) is 92.4 cm³/mol. The average Bonchev–Trinajstić information content (AvgIpc) is 3.24. The Morgan fingerprint density at radius 2 is 1.83 bits per heavy atom. The first-order valence-corrected chi connectivity index (χ1v) is 9.60. The molecule has 0 bridgehead atoms. The van der Waals surface area contributed by atoms with E-state index in [4.69, 9.17) is 4.74 Å². The standard InChI is InChI=1S/C19H34N2O2/c1-18(2,3)23-17(22)21-19(10-5-11-19)13-20-16-7-4-6-15(12-16)14-8-9-14/h14-16,20H,4-13H2,1-3H3,(H,21,22). The molecule has 4 heteroatoms. The molecular weight excluding hydrogens is 288 g/mol. The molecule has 3 fully saturated rings. The number of nitrogens with one attached hydrogen (secondary N) is 2. The van der Waals surface area contributed by atoms with E-state index in [1.807, 2.05) is 20.8 Å². The van der Waals surface area contributed by atoms with Crippen molar-refractivity contribution in [2.24, 2.45) is 11.8 Å². The Kier molecular flexibility index (Phi) is 4.91. The Bertz CT molecular complexity index is 422. The van der Waals surface area contributed by atoms with Crippen LogP contribution in [0.1, 0.15) is 78.6 Å². The zero-order valence-electron chi connectivity index (χ0n) is 15.1. The van der Waals surface area contributed by atoms with Crippen LogP contribution in [0.3, 0.4) is 0 Å². The molecular formula is C19H34N2O2. The van der Waals surface area contributed by atoms with Gasteiger partial charge in [0.05, 0.1) is 5.54 Å². The van der Waals surface area contributed by atoms with Gasteiger partial charge in [0.1, 0.15) is 5.60 Å². The molecule has 0 aromatic heterocycles. The lowest BCUT2D eigenvalue weighted by Gasteiger charge is -2.44. The molecule has 0 aromatic carbocycles. The monoisotopic (exact) mass is 322 g/mol. The van der Waals surface area contributed by atoms with Crippen LogP contribution < -0.4 is 10.6 Å². The van der Waals surface area contributed by atoms with Crippen LogP contribution in [0.2, 0.25) is 0 Å². The van der Waals surface area contributed by atoms with Crippen LogP contribution in [0.25, 0.3) is 0 Å². The van der Waals surface area contributed by atoms with Gasteiger partial charge >= 0.3 is 6.09 Å². The molecule has 2 unspecified atom stereocenters. The second-order valence-electron chi connectivity index (χ2n) is 9.10. The highest BCUT2D eigenvalue weighted by atomic mass is 16.6. The van der Waals surface area contributed by atoms with Crippen molar-refractivity contribution in [1.82, 2.24) is 10.6 Å². The van der Waals surface area contributed by atoms with Crippen LogP contribution in [0.15, 0.2) is 0 Å². The fourth-order valence-electron chi connectivity index (χ4n) is 4.22. The number of amides is 1. The van der Waals surface area contributed by atoms with Crippen molar-refractivity contribution >= 4 is 6.09 Å². The molecule has 132 valence electrons. The van der Waals surface area contributed by atoms with E-state index in [0.717, 1.165) is 31.2 Å². The fourth-order valence-corrected chi connectivity index (χ4v) is 4.22. The number of rotatable bonds is 5. The minimum Gasteiger partial charge on any atom is -0.444 e. The van der Waals surface area contributed by atoms with E-state index in [1.54, 1.807) is 0 Å². The quantitative estimate of drug-likeness (QED) is 0.804. The van der Waals surface area contributed by atoms with Crippen molar-refractivity contribution in [3.63, 3.8) is 0 Å². The third kappa shape index (κ3) is 4.85. The van der Waals surface area contributed by atoms with Gasteiger partial charge in [0.15, 0.2) is 0 Å². The van der Waals surface area contributed by atoms with Gasteiger partial charge in [0.2, 0.25) is 0 Å². The first-order valence-electron chi connectivity index (χ1n) is 9.60. The summed E-state index contributed by atoms with van der Waals surface area (Å²) in [6.07, 6.45) is 11.4. The molecule has 0 saturated heterocycles. The molecule has 0 aliphatic heterocycles. The van der Waals surface area contributed by atoms with Crippen molar-refractivity contribution in [3.8, 4) is 0 Å². The Morgan fingerprint density at radius 1 is 1.09 bits per heavy atom. The number of hydrogen-bond acceptors (Lipinski definition) is 3. The molecule has 3 rings (SSSR count). The van der Waals surface area contributed by atoms with Gasteiger partial charge in [0, 0.05) is 12.6 Å². The summed E-state index contributed by atoms with van der Waals surface area (Å²) in [6.45, 7) is 6.64. The van der Waals surface area contributed by atoms with Crippen molar-refractivity contribution in [2.45, 2.75) is 95.7 Å². The van der Waals surface area contributed by atoms with Crippen LogP contribution in [0.5, 0.6) is 0 Å². The normalized spacial score (nSPS) is 30.4. The number of carbonyl (C=O) groups excluding carboxylic acids is 1. The molecule has 3 aliphatic carbocycles. The molecule has 3 aliphatic rings. The highest BCUT2D eigenvalue weighted by Gasteiger charge is 2.40. The van der Waals surface area contributed by atoms with E-state index in [1.165, 1.54) is 44.9 Å². The minimum absolute atomic E-state index is 0.0745. The van der Waals surface area contributed by atoms with Crippen LogP contribution in [-0.2, 0) is 4.74 Å². The van der Waals surface area contributed by atoms with E-state index < -0.39 is 5.60 Å². The number of hydrogen-bond donors (Lipinski definition) is 2. The molecule has 3 saturated carbocycles. The first-order chi connectivity index (χ1) is 10.9. The number of ether oxygens (including phenoxy) is 1. The Balaban J connectivity index is 1.46. The number of carbonyl (C=O) groups is 1. The van der Waals surface area contributed by atoms with Crippen LogP contribution >= 0.6 is 0 Å². The van der Waals surface area contributed by atoms with E-state index in [0.29, 0.717) is 6.04 Å². The summed E-state index contributed by atoms with van der Waals surface area (Å²) in [6, 6.07) is 0.646. The predicted octanol–water partition coefficient (Wildman–Crippen LogP) is 3.99. The summed E-state index contributed by atoms with van der Waals surface area (Å²) in [5, 5.41) is 6.92. The maximum absolute atomic E-state index is 12.1. The van der Waals surface area contributed by atoms with Gasteiger partial charge in [-0.25, -0.2) is 4.79 Å². The molecule has 0 heterocycles. The van der Waals surface area contributed by atoms with Crippen LogP contribution in [-0.4, -0.2) is 29.8 Å². The smallest absolute Gasteiger partial charge is 0.408 e. The van der Waals surface area contributed by atoms with E-state index in [9.17, 15) is 4.79 Å². The molecule has 0 spiro atoms. The van der Waals surface area contributed by atoms with Gasteiger partial charge in [-0.05, 0) is 77.6 Å². The van der Waals surface area contributed by atoms with Crippen molar-refractivity contribution in [1.29, 1.82) is 0 Å². The zero-order valence-corrected chi connectivity index (χ0v) is 15.1. The SMILES string of the molecule is CC(C)(C)OC(=O)NC1(CNC2CCCC(C3CC3)C2)CCC1. The molecule has 0 aromatic rings. The summed E-state index contributed by atoms with van der Waals surface area (Å²) in [7, 11) is 0. The summed E-state index contributed by atoms with van der Waals surface area (Å²) in [5.74, 6) is 1.98. The lowest BCUT2D eigenvalue weighted by atomic mass is 9.76. The highest BCUT2D eigenvalue weighted by Crippen LogP contribution is 2.44. The highest BCUT2D eigenvalue weighted by molar-refractivity contribution is 5.69. The summed E-state index contributed by atoms with van der Waals surface area (Å²) < 4.78 is 5.44. The minimum atomic E-state index is -0.427. The third-order valence-electron chi connectivity index (χ3n) is 5.81. The molecule has 23 heavy (non-hydrogen) atoms. The zero-order chi connectivity index (χ0) is 16.5. The van der Waals surface area contributed by atoms with Gasteiger partial charge < -0.3 is 15.4 Å². The van der Waals surface area contributed by atoms with Gasteiger partial charge in [-0.1, -0.05) is 12.8 Å². The lowest BCUT2D eigenvalue weighted by molar-refractivity contribution is 0.0375. The second kappa shape index (κ2) is 6.62. The molecule has 4 nitrogen and oxygen atoms in total. The van der Waals surface area contributed by atoms with E-state index in [2.05, 4.69) is 10.6 Å². The Morgan fingerprint density at radius 3 is 2.39 bits per heavy atom. The Labute approximate surface area is 141 Å². The summed E-state index contributed by atoms with van der Waals surface area (Å²) >= 11 is 0. The van der Waals surface area contributed by atoms with Gasteiger partial charge in [-0.2, -0.15) is 0 Å². The molecule has 1 amide bonds. The van der Waals surface area contributed by atoms with Crippen LogP contribution in [0.4, 0.5) is 4.79 Å². The second-order valence-corrected chi connectivity index (χ2v) is 9.10. The topological polar surface area (TPSA) is 50.4 Å². The first kappa shape index (κ1) is 17.1. The molecule has 2 atom stereocenters. The summed E-state index contributed by atoms with van der Waals surface area (Å²) in [4.78, 5) is 12.1. The third-order valence-corrected chi connectivity index (χ3v) is 5.81. The largest absolute Gasteiger partial charge is 0.444 e. The lowest BCUT2D eigenvalue weighted by Crippen LogP contribution is -2.61. The van der Waals surface area contributed by atoms with E-state index in [-0.39, 0.29) is 11.6 Å². The van der Waals surface area contributed by atoms with Gasteiger partial charge in [0.25, 0.3) is 0 Å². The van der Waals surface area contributed by atoms with Crippen LogP contribution in [0, 0.1) is 11.8 Å². The fraction of sp³-hybridized carbons (Fsp3) is 0.947. The summed E-state index contributed by atoms with van der Waals surface area (Å²) in [5.41, 5.74) is -0.502. The van der Waals surface area contributed by atoms with Gasteiger partial charge in [-0.3, -0.25) is 0 Å². The van der Waals surface area contributed by atoms with Gasteiger partial charge in [-0.15, -0.1) is 0 Å². The van der Waals surface area contributed by atoms with Crippen molar-refractivity contribution in [3.05, 3.63) is 0 Å². The maximum Gasteiger partial charge on any atom is 0.408 e. The average molecular weight is 322 g/mol. The maximum atomic E-state index is 12.1. The van der Waals surface area contributed by atoms with Crippen molar-refractivity contribution < 1.29 is 9.53 Å². The van der Waals surface area contributed by atoms with E-state index >= 15 is 0 Å². The Hall–Kier alpha value is -0.770. The van der Waals surface area contributed by atoms with Crippen molar-refractivity contribution in [2.75, 3.05) is 6.54 Å².